The summed E-state index contributed by atoms with van der Waals surface area (Å²) in [7, 11) is -1.79. The van der Waals surface area contributed by atoms with Crippen LogP contribution in [0.1, 0.15) is 51.7 Å². The van der Waals surface area contributed by atoms with Crippen LogP contribution in [0.25, 0.3) is 0 Å². The number of esters is 1. The number of hydrogen-bond donors (Lipinski definition) is 0. The van der Waals surface area contributed by atoms with E-state index in [-0.39, 0.29) is 11.6 Å². The summed E-state index contributed by atoms with van der Waals surface area (Å²) in [6, 6.07) is 9.65. The predicted octanol–water partition coefficient (Wildman–Crippen LogP) is 6.92. The fraction of sp³-hybridized carbons (Fsp3) is 0.552. The van der Waals surface area contributed by atoms with E-state index in [2.05, 4.69) is 76.8 Å². The zero-order valence-electron chi connectivity index (χ0n) is 23.2. The number of rotatable bonds is 10. The van der Waals surface area contributed by atoms with Crippen LogP contribution in [0.15, 0.2) is 42.0 Å². The first kappa shape index (κ1) is 30.9. The van der Waals surface area contributed by atoms with Crippen molar-refractivity contribution in [1.29, 1.82) is 0 Å². The molecule has 0 aliphatic heterocycles. The summed E-state index contributed by atoms with van der Waals surface area (Å²) >= 11 is 0. The number of carbonyl (C=O) groups excluding carboxylic acids is 1. The molecular weight excluding hydrogens is 468 g/mol. The molecule has 1 unspecified atom stereocenters. The van der Waals surface area contributed by atoms with Gasteiger partial charge in [-0.2, -0.15) is 0 Å². The van der Waals surface area contributed by atoms with Crippen LogP contribution in [0.2, 0.25) is 37.8 Å². The van der Waals surface area contributed by atoms with Crippen LogP contribution in [-0.4, -0.2) is 42.7 Å². The molecule has 1 aromatic rings. The lowest BCUT2D eigenvalue weighted by molar-refractivity contribution is -0.151. The van der Waals surface area contributed by atoms with Gasteiger partial charge in [0.2, 0.25) is 0 Å². The molecule has 0 aromatic heterocycles. The van der Waals surface area contributed by atoms with Crippen molar-refractivity contribution in [3.63, 3.8) is 0 Å². The van der Waals surface area contributed by atoms with Crippen LogP contribution in [0, 0.1) is 23.3 Å². The van der Waals surface area contributed by atoms with E-state index in [1.807, 2.05) is 36.4 Å². The zero-order valence-corrected chi connectivity index (χ0v) is 25.2. The average Bonchev–Trinajstić information content (AvgIpc) is 2.75. The van der Waals surface area contributed by atoms with E-state index in [4.69, 9.17) is 13.9 Å². The first-order chi connectivity index (χ1) is 16.3. The van der Waals surface area contributed by atoms with Gasteiger partial charge in [-0.1, -0.05) is 88.5 Å². The van der Waals surface area contributed by atoms with Gasteiger partial charge in [0.25, 0.3) is 0 Å². The number of unbranched alkanes of at least 4 members (excludes halogenated alkanes) is 2. The molecule has 0 N–H and O–H groups in total. The molecule has 0 heterocycles. The van der Waals surface area contributed by atoms with Crippen LogP contribution >= 0.6 is 0 Å². The van der Waals surface area contributed by atoms with Crippen molar-refractivity contribution in [2.24, 2.45) is 0 Å². The normalized spacial score (nSPS) is 13.2. The second kappa shape index (κ2) is 14.5. The van der Waals surface area contributed by atoms with Crippen molar-refractivity contribution in [1.82, 2.24) is 0 Å². The Hall–Kier alpha value is -2.10. The Balaban J connectivity index is 3.02. The summed E-state index contributed by atoms with van der Waals surface area (Å²) < 4.78 is 17.0. The van der Waals surface area contributed by atoms with E-state index >= 15 is 0 Å². The SMILES string of the molecule is COCC(=O)OC(/C(C#CCCCCO[Si](C)(C)C(C)(C)C)=C/C#C[Si](C)(C)C)c1ccccc1. The van der Waals surface area contributed by atoms with Gasteiger partial charge >= 0.3 is 5.97 Å². The number of ether oxygens (including phenoxy) is 2. The van der Waals surface area contributed by atoms with Crippen molar-refractivity contribution < 1.29 is 18.7 Å². The third-order valence-electron chi connectivity index (χ3n) is 5.77. The molecule has 1 aromatic carbocycles. The lowest BCUT2D eigenvalue weighted by Gasteiger charge is -2.36. The van der Waals surface area contributed by atoms with Crippen molar-refractivity contribution in [3.8, 4) is 23.3 Å². The quantitative estimate of drug-likeness (QED) is 0.148. The second-order valence-electron chi connectivity index (χ2n) is 11.2. The Bertz CT molecular complexity index is 946. The van der Waals surface area contributed by atoms with E-state index < -0.39 is 28.5 Å². The molecule has 0 radical (unpaired) electrons. The van der Waals surface area contributed by atoms with Gasteiger partial charge in [-0.15, -0.1) is 5.54 Å². The average molecular weight is 513 g/mol. The van der Waals surface area contributed by atoms with Crippen molar-refractivity contribution in [2.75, 3.05) is 20.3 Å². The minimum atomic E-state index is -1.71. The number of benzene rings is 1. The van der Waals surface area contributed by atoms with Gasteiger partial charge in [0, 0.05) is 26.2 Å². The molecular formula is C29H44O4Si2. The van der Waals surface area contributed by atoms with Crippen LogP contribution < -0.4 is 0 Å². The number of carbonyl (C=O) groups is 1. The van der Waals surface area contributed by atoms with Gasteiger partial charge in [-0.3, -0.25) is 0 Å². The zero-order chi connectivity index (χ0) is 26.5. The first-order valence-electron chi connectivity index (χ1n) is 12.4. The van der Waals surface area contributed by atoms with Crippen molar-refractivity contribution in [2.45, 2.75) is 83.9 Å². The molecule has 0 aliphatic carbocycles. The molecule has 1 atom stereocenters. The molecule has 0 fully saturated rings. The van der Waals surface area contributed by atoms with Gasteiger partial charge < -0.3 is 13.9 Å². The highest BCUT2D eigenvalue weighted by Crippen LogP contribution is 2.36. The molecule has 192 valence electrons. The third kappa shape index (κ3) is 12.4. The maximum Gasteiger partial charge on any atom is 0.333 e. The molecule has 0 amide bonds. The smallest absolute Gasteiger partial charge is 0.333 e. The van der Waals surface area contributed by atoms with Gasteiger partial charge in [-0.05, 0) is 36.5 Å². The van der Waals surface area contributed by atoms with E-state index in [0.717, 1.165) is 31.4 Å². The summed E-state index contributed by atoms with van der Waals surface area (Å²) in [5.41, 5.74) is 4.89. The highest BCUT2D eigenvalue weighted by Gasteiger charge is 2.36. The first-order valence-corrected chi connectivity index (χ1v) is 18.8. The number of hydrogen-bond acceptors (Lipinski definition) is 4. The van der Waals surface area contributed by atoms with Gasteiger partial charge in [0.1, 0.15) is 14.7 Å². The Morgan fingerprint density at radius 2 is 1.71 bits per heavy atom. The van der Waals surface area contributed by atoms with Crippen LogP contribution in [-0.2, 0) is 18.7 Å². The Morgan fingerprint density at radius 1 is 1.06 bits per heavy atom. The van der Waals surface area contributed by atoms with Crippen molar-refractivity contribution >= 4 is 22.4 Å². The van der Waals surface area contributed by atoms with Gasteiger partial charge in [-0.25, -0.2) is 4.79 Å². The molecule has 1 rings (SSSR count). The minimum absolute atomic E-state index is 0.112. The third-order valence-corrected chi connectivity index (χ3v) is 11.2. The van der Waals surface area contributed by atoms with Gasteiger partial charge in [0.05, 0.1) is 5.57 Å². The summed E-state index contributed by atoms with van der Waals surface area (Å²) in [5.74, 6) is 9.28. The molecule has 0 saturated heterocycles. The summed E-state index contributed by atoms with van der Waals surface area (Å²) in [4.78, 5) is 12.3. The fourth-order valence-electron chi connectivity index (χ4n) is 2.75. The van der Waals surface area contributed by atoms with E-state index in [1.54, 1.807) is 0 Å². The Morgan fingerprint density at radius 3 is 2.29 bits per heavy atom. The Kier molecular flexibility index (Phi) is 12.8. The molecule has 0 spiro atoms. The maximum absolute atomic E-state index is 12.3. The standard InChI is InChI=1S/C29H44O4Si2/c1-29(2,3)35(8,9)32-22-16-11-10-13-18-26(21-17-23-34(5,6)7)28(33-27(30)24-31-4)25-19-14-12-15-20-25/h12,14-15,19-21,28H,10-11,16,22,24H2,1-9H3/b26-21+. The van der Waals surface area contributed by atoms with Crippen LogP contribution in [0.5, 0.6) is 0 Å². The minimum Gasteiger partial charge on any atom is -0.450 e. The van der Waals surface area contributed by atoms with Gasteiger partial charge in [0.15, 0.2) is 14.4 Å². The maximum atomic E-state index is 12.3. The topological polar surface area (TPSA) is 44.8 Å². The molecule has 4 nitrogen and oxygen atoms in total. The van der Waals surface area contributed by atoms with Crippen LogP contribution in [0.4, 0.5) is 0 Å². The second-order valence-corrected chi connectivity index (χ2v) is 20.8. The van der Waals surface area contributed by atoms with E-state index in [1.165, 1.54) is 7.11 Å². The number of allylic oxidation sites excluding steroid dienone is 1. The van der Waals surface area contributed by atoms with Crippen molar-refractivity contribution in [3.05, 3.63) is 47.5 Å². The highest BCUT2D eigenvalue weighted by atomic mass is 28.4. The summed E-state index contributed by atoms with van der Waals surface area (Å²) in [6.07, 6.45) is 3.86. The van der Waals surface area contributed by atoms with E-state index in [0.29, 0.717) is 5.57 Å². The fourth-order valence-corrected chi connectivity index (χ4v) is 4.35. The Labute approximate surface area is 216 Å². The molecule has 6 heteroatoms. The summed E-state index contributed by atoms with van der Waals surface area (Å²) in [5, 5.41) is 0.218. The largest absolute Gasteiger partial charge is 0.450 e. The lowest BCUT2D eigenvalue weighted by Crippen LogP contribution is -2.40. The molecule has 0 bridgehead atoms. The lowest BCUT2D eigenvalue weighted by atomic mass is 10.0. The highest BCUT2D eigenvalue weighted by molar-refractivity contribution is 6.83. The monoisotopic (exact) mass is 512 g/mol. The molecule has 0 aliphatic rings. The predicted molar refractivity (Wildman–Crippen MR) is 151 cm³/mol. The van der Waals surface area contributed by atoms with E-state index in [9.17, 15) is 4.79 Å². The molecule has 35 heavy (non-hydrogen) atoms. The van der Waals surface area contributed by atoms with Crippen LogP contribution in [0.3, 0.4) is 0 Å². The molecule has 0 saturated carbocycles. The summed E-state index contributed by atoms with van der Waals surface area (Å²) in [6.45, 7) is 18.6. The number of methoxy groups -OCH3 is 1.